The SMILES string of the molecule is COC(=O)c1ccc(CN2C(=O)N/C(=C\c3cc(C)n(-c4cccc(C)c4C)c3C)C2=O)o1. The summed E-state index contributed by atoms with van der Waals surface area (Å²) in [6, 6.07) is 10.6. The number of carbonyl (C=O) groups is 3. The van der Waals surface area contributed by atoms with Gasteiger partial charge in [0, 0.05) is 17.1 Å². The molecule has 33 heavy (non-hydrogen) atoms. The average molecular weight is 447 g/mol. The number of nitrogens with one attached hydrogen (secondary N) is 1. The van der Waals surface area contributed by atoms with Crippen LogP contribution in [0.3, 0.4) is 0 Å². The molecule has 3 amide bonds. The maximum atomic E-state index is 12.9. The summed E-state index contributed by atoms with van der Waals surface area (Å²) in [6.07, 6.45) is 1.69. The molecule has 2 aromatic heterocycles. The van der Waals surface area contributed by atoms with Crippen LogP contribution in [0.15, 0.2) is 46.5 Å². The zero-order valence-corrected chi connectivity index (χ0v) is 19.2. The van der Waals surface area contributed by atoms with Gasteiger partial charge in [-0.3, -0.25) is 9.69 Å². The van der Waals surface area contributed by atoms with Gasteiger partial charge in [-0.25, -0.2) is 9.59 Å². The molecule has 1 fully saturated rings. The van der Waals surface area contributed by atoms with Gasteiger partial charge in [0.05, 0.1) is 13.7 Å². The van der Waals surface area contributed by atoms with Gasteiger partial charge in [-0.05, 0) is 74.7 Å². The van der Waals surface area contributed by atoms with E-state index >= 15 is 0 Å². The van der Waals surface area contributed by atoms with Gasteiger partial charge in [0.15, 0.2) is 0 Å². The highest BCUT2D eigenvalue weighted by Crippen LogP contribution is 2.27. The second kappa shape index (κ2) is 8.46. The Bertz CT molecular complexity index is 1310. The van der Waals surface area contributed by atoms with Gasteiger partial charge in [0.1, 0.15) is 11.5 Å². The van der Waals surface area contributed by atoms with Gasteiger partial charge < -0.3 is 19.0 Å². The monoisotopic (exact) mass is 447 g/mol. The Morgan fingerprint density at radius 1 is 1.12 bits per heavy atom. The summed E-state index contributed by atoms with van der Waals surface area (Å²) in [5.74, 6) is -0.784. The molecule has 0 bridgehead atoms. The number of rotatable bonds is 5. The Labute approximate surface area is 191 Å². The van der Waals surface area contributed by atoms with Crippen LogP contribution in [0.25, 0.3) is 11.8 Å². The van der Waals surface area contributed by atoms with Crippen molar-refractivity contribution in [1.29, 1.82) is 0 Å². The first-order valence-corrected chi connectivity index (χ1v) is 10.5. The van der Waals surface area contributed by atoms with Crippen molar-refractivity contribution < 1.29 is 23.5 Å². The third-order valence-corrected chi connectivity index (χ3v) is 5.91. The average Bonchev–Trinajstić information content (AvgIpc) is 3.44. The highest BCUT2D eigenvalue weighted by Gasteiger charge is 2.34. The summed E-state index contributed by atoms with van der Waals surface area (Å²) in [4.78, 5) is 38.0. The largest absolute Gasteiger partial charge is 0.463 e. The van der Waals surface area contributed by atoms with Crippen LogP contribution in [0.4, 0.5) is 4.79 Å². The second-order valence-corrected chi connectivity index (χ2v) is 8.02. The summed E-state index contributed by atoms with van der Waals surface area (Å²) in [5, 5.41) is 2.64. The van der Waals surface area contributed by atoms with E-state index in [1.807, 2.05) is 26.0 Å². The molecule has 1 aromatic carbocycles. The van der Waals surface area contributed by atoms with E-state index in [-0.39, 0.29) is 18.0 Å². The summed E-state index contributed by atoms with van der Waals surface area (Å²) in [7, 11) is 1.25. The molecule has 1 aliphatic rings. The van der Waals surface area contributed by atoms with Gasteiger partial charge >= 0.3 is 12.0 Å². The maximum absolute atomic E-state index is 12.9. The second-order valence-electron chi connectivity index (χ2n) is 8.02. The van der Waals surface area contributed by atoms with Crippen LogP contribution in [0, 0.1) is 27.7 Å². The fourth-order valence-electron chi connectivity index (χ4n) is 3.98. The van der Waals surface area contributed by atoms with E-state index in [2.05, 4.69) is 40.6 Å². The molecule has 1 aliphatic heterocycles. The first kappa shape index (κ1) is 22.1. The first-order valence-electron chi connectivity index (χ1n) is 10.5. The number of hydrogen-bond donors (Lipinski definition) is 1. The van der Waals surface area contributed by atoms with Crippen molar-refractivity contribution in [2.24, 2.45) is 0 Å². The molecular weight excluding hydrogens is 422 g/mol. The van der Waals surface area contributed by atoms with E-state index in [1.54, 1.807) is 6.08 Å². The zero-order chi connectivity index (χ0) is 23.9. The van der Waals surface area contributed by atoms with Crippen molar-refractivity contribution in [3.05, 3.63) is 81.7 Å². The fraction of sp³-hybridized carbons (Fsp3) is 0.240. The predicted octanol–water partition coefficient (Wildman–Crippen LogP) is 4.18. The van der Waals surface area contributed by atoms with E-state index in [0.717, 1.165) is 27.5 Å². The number of nitrogens with zero attached hydrogens (tertiary/aromatic N) is 2. The minimum atomic E-state index is -0.627. The van der Waals surface area contributed by atoms with Gasteiger partial charge in [0.25, 0.3) is 5.91 Å². The summed E-state index contributed by atoms with van der Waals surface area (Å²) in [5.41, 5.74) is 6.46. The number of ether oxygens (including phenoxy) is 1. The van der Waals surface area contributed by atoms with Gasteiger partial charge in [-0.15, -0.1) is 0 Å². The smallest absolute Gasteiger partial charge is 0.373 e. The number of benzene rings is 1. The Morgan fingerprint density at radius 2 is 1.88 bits per heavy atom. The third-order valence-electron chi connectivity index (χ3n) is 5.91. The molecule has 1 saturated heterocycles. The van der Waals surface area contributed by atoms with Crippen LogP contribution >= 0.6 is 0 Å². The number of aryl methyl sites for hydroxylation is 2. The van der Waals surface area contributed by atoms with Crippen molar-refractivity contribution in [1.82, 2.24) is 14.8 Å². The molecule has 0 radical (unpaired) electrons. The molecule has 0 atom stereocenters. The molecule has 0 saturated carbocycles. The molecule has 8 heteroatoms. The standard InChI is InChI=1S/C25H25N3O5/c1-14-7-6-8-21(16(14)3)28-15(2)11-18(17(28)4)12-20-23(29)27(25(31)26-20)13-19-9-10-22(33-19)24(30)32-5/h6-12H,13H2,1-5H3,(H,26,31)/b20-12-. The molecule has 4 rings (SSSR count). The number of furan rings is 1. The van der Waals surface area contributed by atoms with E-state index in [0.29, 0.717) is 5.76 Å². The summed E-state index contributed by atoms with van der Waals surface area (Å²) < 4.78 is 12.1. The van der Waals surface area contributed by atoms with Crippen molar-refractivity contribution in [2.75, 3.05) is 7.11 Å². The lowest BCUT2D eigenvalue weighted by Crippen LogP contribution is -2.30. The topological polar surface area (TPSA) is 93.8 Å². The summed E-state index contributed by atoms with van der Waals surface area (Å²) >= 11 is 0. The minimum absolute atomic E-state index is 0.00852. The van der Waals surface area contributed by atoms with Crippen LogP contribution in [0.2, 0.25) is 0 Å². The highest BCUT2D eigenvalue weighted by atomic mass is 16.5. The molecule has 1 N–H and O–H groups in total. The molecule has 8 nitrogen and oxygen atoms in total. The number of amides is 3. The van der Waals surface area contributed by atoms with Gasteiger partial charge in [0.2, 0.25) is 5.76 Å². The van der Waals surface area contributed by atoms with Gasteiger partial charge in [-0.2, -0.15) is 0 Å². The van der Waals surface area contributed by atoms with Crippen LogP contribution in [-0.2, 0) is 16.1 Å². The molecule has 3 aromatic rings. The molecule has 0 spiro atoms. The normalized spacial score (nSPS) is 14.8. The van der Waals surface area contributed by atoms with Crippen molar-refractivity contribution in [2.45, 2.75) is 34.2 Å². The van der Waals surface area contributed by atoms with Crippen LogP contribution in [-0.4, -0.2) is 34.5 Å². The quantitative estimate of drug-likeness (QED) is 0.360. The number of imide groups is 1. The van der Waals surface area contributed by atoms with Crippen LogP contribution < -0.4 is 5.32 Å². The van der Waals surface area contributed by atoms with E-state index in [1.165, 1.54) is 30.4 Å². The third kappa shape index (κ3) is 3.95. The van der Waals surface area contributed by atoms with E-state index in [4.69, 9.17) is 4.42 Å². The number of urea groups is 1. The van der Waals surface area contributed by atoms with E-state index < -0.39 is 17.9 Å². The lowest BCUT2D eigenvalue weighted by molar-refractivity contribution is -0.123. The van der Waals surface area contributed by atoms with Crippen molar-refractivity contribution in [3.8, 4) is 5.69 Å². The van der Waals surface area contributed by atoms with Crippen molar-refractivity contribution >= 4 is 24.0 Å². The highest BCUT2D eigenvalue weighted by molar-refractivity contribution is 6.13. The van der Waals surface area contributed by atoms with Crippen LogP contribution in [0.1, 0.15) is 44.4 Å². The van der Waals surface area contributed by atoms with Crippen LogP contribution in [0.5, 0.6) is 0 Å². The Hall–Kier alpha value is -4.07. The number of esters is 1. The number of methoxy groups -OCH3 is 1. The molecule has 0 unspecified atom stereocenters. The minimum Gasteiger partial charge on any atom is -0.463 e. The summed E-state index contributed by atoms with van der Waals surface area (Å²) in [6.45, 7) is 8.05. The Balaban J connectivity index is 1.61. The van der Waals surface area contributed by atoms with E-state index in [9.17, 15) is 14.4 Å². The molecule has 170 valence electrons. The van der Waals surface area contributed by atoms with Crippen molar-refractivity contribution in [3.63, 3.8) is 0 Å². The number of carbonyl (C=O) groups excluding carboxylic acids is 3. The Kier molecular flexibility index (Phi) is 5.68. The maximum Gasteiger partial charge on any atom is 0.373 e. The fourth-order valence-corrected chi connectivity index (χ4v) is 3.98. The molecule has 3 heterocycles. The number of hydrogen-bond acceptors (Lipinski definition) is 5. The Morgan fingerprint density at radius 3 is 2.61 bits per heavy atom. The molecular formula is C25H25N3O5. The zero-order valence-electron chi connectivity index (χ0n) is 19.2. The molecule has 0 aliphatic carbocycles. The first-order chi connectivity index (χ1) is 15.7. The lowest BCUT2D eigenvalue weighted by Gasteiger charge is -2.14. The predicted molar refractivity (Wildman–Crippen MR) is 122 cm³/mol. The van der Waals surface area contributed by atoms with Gasteiger partial charge in [-0.1, -0.05) is 12.1 Å². The lowest BCUT2D eigenvalue weighted by atomic mass is 10.1. The number of aromatic nitrogens is 1.